The first-order valence-electron chi connectivity index (χ1n) is 6.55. The Balaban J connectivity index is 2.86. The molecule has 0 aliphatic heterocycles. The Labute approximate surface area is 129 Å². The smallest absolute Gasteiger partial charge is 0.156 e. The minimum absolute atomic E-state index is 0.423. The zero-order valence-electron chi connectivity index (χ0n) is 11.7. The molecule has 0 spiro atoms. The molecule has 3 nitrogen and oxygen atoms in total. The number of halogens is 2. The maximum absolute atomic E-state index is 6.08. The Kier molecular flexibility index (Phi) is 6.97. The average Bonchev–Trinajstić information content (AvgIpc) is 2.33. The number of rotatable bonds is 7. The Morgan fingerprint density at radius 2 is 2.11 bits per heavy atom. The molecular weight excluding hydrogens is 328 g/mol. The number of nitrogens with two attached hydrogens (primary N) is 1. The Morgan fingerprint density at radius 1 is 1.42 bits per heavy atom. The van der Waals surface area contributed by atoms with E-state index < -0.39 is 0 Å². The molecule has 0 heterocycles. The second-order valence-electron chi connectivity index (χ2n) is 4.82. The first-order chi connectivity index (χ1) is 8.99. The van der Waals surface area contributed by atoms with Crippen molar-refractivity contribution >= 4 is 33.2 Å². The summed E-state index contributed by atoms with van der Waals surface area (Å²) in [6.45, 7) is 8.39. The van der Waals surface area contributed by atoms with E-state index in [-0.39, 0.29) is 0 Å². The van der Waals surface area contributed by atoms with Gasteiger partial charge in [0.15, 0.2) is 5.75 Å². The summed E-state index contributed by atoms with van der Waals surface area (Å²) < 4.78 is 6.51. The van der Waals surface area contributed by atoms with Crippen LogP contribution in [0.5, 0.6) is 5.75 Å². The summed E-state index contributed by atoms with van der Waals surface area (Å²) in [5.41, 5.74) is 6.69. The molecule has 5 heteroatoms. The van der Waals surface area contributed by atoms with E-state index in [1.54, 1.807) is 0 Å². The standard InChI is InChI=1S/C14H22BrClN2O/c1-4-19-14-12(15)5-11(16)6-13(14)18-8-10(7-17)9(2)3/h5-6,9-10,18H,4,7-8,17H2,1-3H3. The summed E-state index contributed by atoms with van der Waals surface area (Å²) in [6, 6.07) is 3.71. The maximum atomic E-state index is 6.08. The molecule has 108 valence electrons. The number of benzene rings is 1. The molecule has 1 aromatic carbocycles. The van der Waals surface area contributed by atoms with Crippen molar-refractivity contribution in [1.82, 2.24) is 0 Å². The number of nitrogens with one attached hydrogen (secondary N) is 1. The van der Waals surface area contributed by atoms with E-state index in [4.69, 9.17) is 22.1 Å². The lowest BCUT2D eigenvalue weighted by atomic mass is 9.96. The van der Waals surface area contributed by atoms with Crippen LogP contribution in [0, 0.1) is 11.8 Å². The van der Waals surface area contributed by atoms with Gasteiger partial charge in [0, 0.05) is 11.6 Å². The van der Waals surface area contributed by atoms with Gasteiger partial charge in [-0.05, 0) is 53.4 Å². The zero-order valence-corrected chi connectivity index (χ0v) is 14.0. The van der Waals surface area contributed by atoms with Gasteiger partial charge in [0.1, 0.15) is 0 Å². The quantitative estimate of drug-likeness (QED) is 0.777. The SMILES string of the molecule is CCOc1c(Br)cc(Cl)cc1NCC(CN)C(C)C. The molecule has 1 rings (SSSR count). The molecule has 0 fully saturated rings. The summed E-state index contributed by atoms with van der Waals surface area (Å²) in [7, 11) is 0. The number of hydrogen-bond acceptors (Lipinski definition) is 3. The highest BCUT2D eigenvalue weighted by Crippen LogP contribution is 2.36. The predicted molar refractivity (Wildman–Crippen MR) is 86.2 cm³/mol. The summed E-state index contributed by atoms with van der Waals surface area (Å²) in [4.78, 5) is 0. The first kappa shape index (κ1) is 16.6. The van der Waals surface area contributed by atoms with Crippen molar-refractivity contribution in [3.8, 4) is 5.75 Å². The summed E-state index contributed by atoms with van der Waals surface area (Å²) in [6.07, 6.45) is 0. The van der Waals surface area contributed by atoms with Crippen molar-refractivity contribution in [2.45, 2.75) is 20.8 Å². The Hall–Kier alpha value is -0.450. The molecule has 0 bridgehead atoms. The third-order valence-corrected chi connectivity index (χ3v) is 3.90. The van der Waals surface area contributed by atoms with Crippen molar-refractivity contribution < 1.29 is 4.74 Å². The molecule has 1 unspecified atom stereocenters. The fourth-order valence-corrected chi connectivity index (χ4v) is 2.74. The molecule has 3 N–H and O–H groups in total. The fraction of sp³-hybridized carbons (Fsp3) is 0.571. The molecule has 0 radical (unpaired) electrons. The molecule has 0 saturated carbocycles. The third-order valence-electron chi connectivity index (χ3n) is 3.10. The monoisotopic (exact) mass is 348 g/mol. The Bertz CT molecular complexity index is 413. The number of anilines is 1. The van der Waals surface area contributed by atoms with E-state index in [1.807, 2.05) is 19.1 Å². The van der Waals surface area contributed by atoms with Gasteiger partial charge in [0.2, 0.25) is 0 Å². The van der Waals surface area contributed by atoms with Gasteiger partial charge < -0.3 is 15.8 Å². The molecule has 1 atom stereocenters. The van der Waals surface area contributed by atoms with E-state index in [0.717, 1.165) is 22.5 Å². The van der Waals surface area contributed by atoms with Gasteiger partial charge in [-0.1, -0.05) is 25.4 Å². The van der Waals surface area contributed by atoms with Crippen molar-refractivity contribution in [3.05, 3.63) is 21.6 Å². The normalized spacial score (nSPS) is 12.6. The molecule has 0 aliphatic carbocycles. The van der Waals surface area contributed by atoms with Gasteiger partial charge in [0.05, 0.1) is 16.8 Å². The van der Waals surface area contributed by atoms with Crippen molar-refractivity contribution in [2.24, 2.45) is 17.6 Å². The molecule has 0 aliphatic rings. The molecule has 0 amide bonds. The van der Waals surface area contributed by atoms with Crippen LogP contribution in [-0.2, 0) is 0 Å². The van der Waals surface area contributed by atoms with Gasteiger partial charge in [-0.25, -0.2) is 0 Å². The predicted octanol–water partition coefficient (Wildman–Crippen LogP) is 4.14. The van der Waals surface area contributed by atoms with Gasteiger partial charge >= 0.3 is 0 Å². The highest BCUT2D eigenvalue weighted by Gasteiger charge is 2.14. The molecule has 0 saturated heterocycles. The van der Waals surface area contributed by atoms with E-state index >= 15 is 0 Å². The lowest BCUT2D eigenvalue weighted by Crippen LogP contribution is -2.27. The van der Waals surface area contributed by atoms with Crippen molar-refractivity contribution in [2.75, 3.05) is 25.0 Å². The summed E-state index contributed by atoms with van der Waals surface area (Å²) >= 11 is 9.56. The van der Waals surface area contributed by atoms with E-state index in [2.05, 4.69) is 35.1 Å². The molecular formula is C14H22BrClN2O. The first-order valence-corrected chi connectivity index (χ1v) is 7.72. The second-order valence-corrected chi connectivity index (χ2v) is 6.11. The average molecular weight is 350 g/mol. The highest BCUT2D eigenvalue weighted by molar-refractivity contribution is 9.10. The van der Waals surface area contributed by atoms with Crippen molar-refractivity contribution in [1.29, 1.82) is 0 Å². The maximum Gasteiger partial charge on any atom is 0.156 e. The van der Waals surface area contributed by atoms with Gasteiger partial charge in [-0.2, -0.15) is 0 Å². The van der Waals surface area contributed by atoms with Crippen LogP contribution in [0.25, 0.3) is 0 Å². The van der Waals surface area contributed by atoms with Crippen molar-refractivity contribution in [3.63, 3.8) is 0 Å². The molecule has 19 heavy (non-hydrogen) atoms. The van der Waals surface area contributed by atoms with Crippen LogP contribution < -0.4 is 15.8 Å². The van der Waals surface area contributed by atoms with Crippen LogP contribution in [0.4, 0.5) is 5.69 Å². The summed E-state index contributed by atoms with van der Waals surface area (Å²) in [5.74, 6) is 1.76. The zero-order chi connectivity index (χ0) is 14.4. The highest BCUT2D eigenvalue weighted by atomic mass is 79.9. The van der Waals surface area contributed by atoms with E-state index in [1.165, 1.54) is 0 Å². The minimum Gasteiger partial charge on any atom is -0.491 e. The molecule has 1 aromatic rings. The van der Waals surface area contributed by atoms with Gasteiger partial charge in [-0.3, -0.25) is 0 Å². The minimum atomic E-state index is 0.423. The van der Waals surface area contributed by atoms with Crippen LogP contribution in [0.3, 0.4) is 0 Å². The van der Waals surface area contributed by atoms with Crippen LogP contribution in [0.2, 0.25) is 5.02 Å². The number of hydrogen-bond donors (Lipinski definition) is 2. The van der Waals surface area contributed by atoms with E-state index in [9.17, 15) is 0 Å². The van der Waals surface area contributed by atoms with E-state index in [0.29, 0.717) is 30.0 Å². The fourth-order valence-electron chi connectivity index (χ4n) is 1.81. The van der Waals surface area contributed by atoms with Gasteiger partial charge in [0.25, 0.3) is 0 Å². The topological polar surface area (TPSA) is 47.3 Å². The Morgan fingerprint density at radius 3 is 2.63 bits per heavy atom. The number of ether oxygens (including phenoxy) is 1. The lowest BCUT2D eigenvalue weighted by Gasteiger charge is -2.21. The lowest BCUT2D eigenvalue weighted by molar-refractivity contribution is 0.339. The second kappa shape index (κ2) is 7.98. The van der Waals surface area contributed by atoms with Gasteiger partial charge in [-0.15, -0.1) is 0 Å². The molecule has 0 aromatic heterocycles. The van der Waals surface area contributed by atoms with Crippen LogP contribution in [0.15, 0.2) is 16.6 Å². The van der Waals surface area contributed by atoms with Crippen LogP contribution >= 0.6 is 27.5 Å². The largest absolute Gasteiger partial charge is 0.491 e. The summed E-state index contributed by atoms with van der Waals surface area (Å²) in [5, 5.41) is 4.07. The van der Waals surface area contributed by atoms with Crippen LogP contribution in [0.1, 0.15) is 20.8 Å². The third kappa shape index (κ3) is 4.86. The van der Waals surface area contributed by atoms with Crippen LogP contribution in [-0.4, -0.2) is 19.7 Å².